The van der Waals surface area contributed by atoms with Gasteiger partial charge in [0.05, 0.1) is 5.69 Å². The minimum Gasteiger partial charge on any atom is -0.448 e. The summed E-state index contributed by atoms with van der Waals surface area (Å²) in [6.45, 7) is 4.25. The highest BCUT2D eigenvalue weighted by atomic mass is 16.5. The zero-order chi connectivity index (χ0) is 25.9. The molecule has 0 radical (unpaired) electrons. The summed E-state index contributed by atoms with van der Waals surface area (Å²) in [6, 6.07) is 7.07. The lowest BCUT2D eigenvalue weighted by molar-refractivity contribution is -0.140. The number of ketones is 1. The van der Waals surface area contributed by atoms with E-state index in [2.05, 4.69) is 20.9 Å². The van der Waals surface area contributed by atoms with Crippen molar-refractivity contribution < 1.29 is 28.3 Å². The number of amides is 3. The summed E-state index contributed by atoms with van der Waals surface area (Å²) in [5, 5.41) is 7.89. The number of hydrogen-bond acceptors (Lipinski definition) is 7. The van der Waals surface area contributed by atoms with Crippen LogP contribution >= 0.6 is 0 Å². The maximum atomic E-state index is 13.2. The summed E-state index contributed by atoms with van der Waals surface area (Å²) in [6.07, 6.45) is 3.99. The molecule has 0 fully saturated rings. The highest BCUT2D eigenvalue weighted by Crippen LogP contribution is 2.15. The number of ether oxygens (including phenoxy) is 1. The van der Waals surface area contributed by atoms with Gasteiger partial charge in [0.15, 0.2) is 6.39 Å². The van der Waals surface area contributed by atoms with Gasteiger partial charge in [-0.3, -0.25) is 14.4 Å². The van der Waals surface area contributed by atoms with Gasteiger partial charge in [0.1, 0.15) is 24.5 Å². The van der Waals surface area contributed by atoms with E-state index < -0.39 is 35.8 Å². The third kappa shape index (κ3) is 8.21. The van der Waals surface area contributed by atoms with Crippen LogP contribution in [0, 0.1) is 5.92 Å². The van der Waals surface area contributed by atoms with Crippen molar-refractivity contribution in [3.05, 3.63) is 53.7 Å². The highest BCUT2D eigenvalue weighted by molar-refractivity contribution is 6.38. The molecule has 194 valence electrons. The number of benzene rings is 1. The minimum absolute atomic E-state index is 0.0106. The average Bonchev–Trinajstić information content (AvgIpc) is 3.29. The number of carbonyl (C=O) groups excluding carboxylic acids is 4. The van der Waals surface area contributed by atoms with E-state index in [4.69, 9.17) is 9.15 Å². The van der Waals surface area contributed by atoms with Gasteiger partial charge in [-0.25, -0.2) is 9.78 Å². The van der Waals surface area contributed by atoms with Gasteiger partial charge in [-0.05, 0) is 30.7 Å². The summed E-state index contributed by atoms with van der Waals surface area (Å²) < 4.78 is 10.7. The fraction of sp³-hybridized carbons (Fsp3) is 0.500. The van der Waals surface area contributed by atoms with Crippen LogP contribution in [0.3, 0.4) is 0 Å². The van der Waals surface area contributed by atoms with Crippen molar-refractivity contribution in [2.24, 2.45) is 5.92 Å². The van der Waals surface area contributed by atoms with E-state index in [0.29, 0.717) is 30.8 Å². The Morgan fingerprint density at radius 1 is 1.17 bits per heavy atom. The second-order valence-corrected chi connectivity index (χ2v) is 9.31. The Hall–Kier alpha value is -3.69. The largest absolute Gasteiger partial charge is 0.448 e. The van der Waals surface area contributed by atoms with E-state index in [0.717, 1.165) is 24.8 Å². The molecule has 2 heterocycles. The number of Topliss-reactive ketones (excluding diaryl/α,β-unsaturated/α-hetero) is 1. The molecular weight excluding hydrogens is 464 g/mol. The van der Waals surface area contributed by atoms with Crippen molar-refractivity contribution in [2.45, 2.75) is 71.1 Å². The molecule has 3 N–H and O–H groups in total. The highest BCUT2D eigenvalue weighted by Gasteiger charge is 2.32. The number of fused-ring (bicyclic) bond motifs is 1. The Labute approximate surface area is 210 Å². The first-order valence-corrected chi connectivity index (χ1v) is 12.3. The van der Waals surface area contributed by atoms with Gasteiger partial charge < -0.3 is 25.1 Å². The molecule has 0 saturated heterocycles. The molecule has 10 heteroatoms. The normalized spacial score (nSPS) is 17.7. The molecule has 3 rings (SSSR count). The zero-order valence-corrected chi connectivity index (χ0v) is 20.7. The summed E-state index contributed by atoms with van der Waals surface area (Å²) in [4.78, 5) is 55.3. The summed E-state index contributed by atoms with van der Waals surface area (Å²) in [5.74, 6) is -1.41. The second-order valence-electron chi connectivity index (χ2n) is 9.31. The molecule has 0 bridgehead atoms. The topological polar surface area (TPSA) is 140 Å². The fourth-order valence-corrected chi connectivity index (χ4v) is 3.98. The van der Waals surface area contributed by atoms with E-state index in [1.165, 1.54) is 6.39 Å². The molecule has 0 aliphatic carbocycles. The van der Waals surface area contributed by atoms with Gasteiger partial charge in [-0.15, -0.1) is 0 Å². The lowest BCUT2D eigenvalue weighted by Crippen LogP contribution is -2.55. The first-order chi connectivity index (χ1) is 17.3. The minimum atomic E-state index is -1.16. The number of nitrogens with zero attached hydrogens (tertiary/aromatic N) is 1. The Balaban J connectivity index is 1.71. The van der Waals surface area contributed by atoms with E-state index >= 15 is 0 Å². The van der Waals surface area contributed by atoms with Crippen LogP contribution in [0.4, 0.5) is 4.79 Å². The monoisotopic (exact) mass is 498 g/mol. The molecule has 0 saturated carbocycles. The number of alkyl carbamates (subject to hydrolysis) is 1. The lowest BCUT2D eigenvalue weighted by Gasteiger charge is -2.23. The number of rotatable bonds is 7. The Kier molecular flexibility index (Phi) is 10.0. The third-order valence-electron chi connectivity index (χ3n) is 5.87. The zero-order valence-electron chi connectivity index (χ0n) is 20.7. The molecule has 1 aromatic heterocycles. The number of hydrogen-bond donors (Lipinski definition) is 3. The molecular formula is C26H34N4O6. The van der Waals surface area contributed by atoms with Gasteiger partial charge >= 0.3 is 6.09 Å². The molecule has 1 aromatic carbocycles. The lowest BCUT2D eigenvalue weighted by atomic mass is 9.99. The molecule has 1 aliphatic heterocycles. The number of carbonyl (C=O) groups is 4. The summed E-state index contributed by atoms with van der Waals surface area (Å²) in [5.41, 5.74) is 1.34. The van der Waals surface area contributed by atoms with Crippen molar-refractivity contribution in [1.82, 2.24) is 20.9 Å². The molecule has 1 aliphatic rings. The van der Waals surface area contributed by atoms with Gasteiger partial charge in [0.25, 0.3) is 5.91 Å². The van der Waals surface area contributed by atoms with E-state index in [9.17, 15) is 19.2 Å². The standard InChI is InChI=1S/C26H34N4O6/c1-17(2)13-21(30-26(34)35-15-18-9-5-3-6-10-18)24(32)29-20-14-19-22(36-16-28-19)11-7-4-8-12-27-25(33)23(20)31/h3,5-6,9-10,16-17,20-21H,4,7-8,11-15H2,1-2H3,(H,27,33)(H,29,32)(H,30,34). The summed E-state index contributed by atoms with van der Waals surface area (Å²) in [7, 11) is 0. The Bertz CT molecular complexity index is 1040. The van der Waals surface area contributed by atoms with Crippen LogP contribution in [-0.4, -0.2) is 47.3 Å². The first-order valence-electron chi connectivity index (χ1n) is 12.3. The van der Waals surface area contributed by atoms with Crippen LogP contribution in [0.2, 0.25) is 0 Å². The van der Waals surface area contributed by atoms with Crippen molar-refractivity contribution in [3.63, 3.8) is 0 Å². The van der Waals surface area contributed by atoms with Crippen LogP contribution in [0.25, 0.3) is 0 Å². The quantitative estimate of drug-likeness (QED) is 0.498. The molecule has 10 nitrogen and oxygen atoms in total. The van der Waals surface area contributed by atoms with E-state index in [-0.39, 0.29) is 18.9 Å². The van der Waals surface area contributed by atoms with Crippen molar-refractivity contribution in [3.8, 4) is 0 Å². The van der Waals surface area contributed by atoms with Crippen molar-refractivity contribution in [1.29, 1.82) is 0 Å². The van der Waals surface area contributed by atoms with Crippen LogP contribution in [-0.2, 0) is 38.6 Å². The van der Waals surface area contributed by atoms with Crippen molar-refractivity contribution >= 4 is 23.7 Å². The van der Waals surface area contributed by atoms with E-state index in [1.807, 2.05) is 44.2 Å². The number of aromatic nitrogens is 1. The smallest absolute Gasteiger partial charge is 0.408 e. The Morgan fingerprint density at radius 2 is 1.94 bits per heavy atom. The van der Waals surface area contributed by atoms with Crippen LogP contribution in [0.1, 0.15) is 56.5 Å². The van der Waals surface area contributed by atoms with Gasteiger partial charge in [-0.1, -0.05) is 50.6 Å². The van der Waals surface area contributed by atoms with Gasteiger partial charge in [0.2, 0.25) is 11.7 Å². The third-order valence-corrected chi connectivity index (χ3v) is 5.87. The van der Waals surface area contributed by atoms with Crippen molar-refractivity contribution in [2.75, 3.05) is 6.54 Å². The Morgan fingerprint density at radius 3 is 2.69 bits per heavy atom. The van der Waals surface area contributed by atoms with E-state index in [1.54, 1.807) is 0 Å². The van der Waals surface area contributed by atoms with Crippen LogP contribution in [0.5, 0.6) is 0 Å². The number of aryl methyl sites for hydroxylation is 1. The maximum absolute atomic E-state index is 13.2. The molecule has 0 spiro atoms. The van der Waals surface area contributed by atoms with Gasteiger partial charge in [0, 0.05) is 19.4 Å². The molecule has 36 heavy (non-hydrogen) atoms. The molecule has 2 unspecified atom stereocenters. The first kappa shape index (κ1) is 26.9. The predicted molar refractivity (Wildman–Crippen MR) is 131 cm³/mol. The molecule has 2 aromatic rings. The predicted octanol–water partition coefficient (Wildman–Crippen LogP) is 2.45. The second kappa shape index (κ2) is 13.4. The van der Waals surface area contributed by atoms with Crippen LogP contribution in [0.15, 0.2) is 41.1 Å². The SMILES string of the molecule is CC(C)CC(NC(=O)OCc1ccccc1)C(=O)NC1Cc2ncoc2CCCCCNC(=O)C1=O. The fourth-order valence-electron chi connectivity index (χ4n) is 3.98. The van der Waals surface area contributed by atoms with Crippen LogP contribution < -0.4 is 16.0 Å². The average molecular weight is 499 g/mol. The maximum Gasteiger partial charge on any atom is 0.408 e. The molecule has 2 atom stereocenters. The summed E-state index contributed by atoms with van der Waals surface area (Å²) >= 11 is 0. The molecule has 3 amide bonds. The van der Waals surface area contributed by atoms with Gasteiger partial charge in [-0.2, -0.15) is 0 Å². The number of nitrogens with one attached hydrogen (secondary N) is 3. The number of oxazole rings is 1.